The number of rotatable bonds is 5. The molecule has 0 spiro atoms. The summed E-state index contributed by atoms with van der Waals surface area (Å²) in [6, 6.07) is 12.0. The fourth-order valence-electron chi connectivity index (χ4n) is 2.71. The number of carbonyl (C=O) groups is 1. The Hall–Kier alpha value is -1.39. The van der Waals surface area contributed by atoms with Gasteiger partial charge in [-0.15, -0.1) is 0 Å². The minimum atomic E-state index is -0.208. The Morgan fingerprint density at radius 3 is 2.65 bits per heavy atom. The van der Waals surface area contributed by atoms with Gasteiger partial charge in [-0.05, 0) is 46.3 Å². The molecule has 1 aromatic carbocycles. The van der Waals surface area contributed by atoms with Crippen molar-refractivity contribution in [3.8, 4) is 0 Å². The summed E-state index contributed by atoms with van der Waals surface area (Å²) < 4.78 is 0.726. The van der Waals surface area contributed by atoms with E-state index in [0.29, 0.717) is 5.56 Å². The van der Waals surface area contributed by atoms with E-state index < -0.39 is 0 Å². The lowest BCUT2D eigenvalue weighted by Crippen LogP contribution is -2.37. The van der Waals surface area contributed by atoms with E-state index in [1.807, 2.05) is 25.1 Å². The van der Waals surface area contributed by atoms with E-state index in [9.17, 15) is 4.79 Å². The van der Waals surface area contributed by atoms with E-state index in [1.165, 1.54) is 5.56 Å². The van der Waals surface area contributed by atoms with E-state index in [2.05, 4.69) is 52.2 Å². The second-order valence-corrected chi connectivity index (χ2v) is 7.59. The van der Waals surface area contributed by atoms with E-state index in [4.69, 9.17) is 11.6 Å². The molecule has 0 unspecified atom stereocenters. The van der Waals surface area contributed by atoms with Crippen molar-refractivity contribution in [2.45, 2.75) is 38.6 Å². The maximum atomic E-state index is 12.4. The Kier molecular flexibility index (Phi) is 5.82. The monoisotopic (exact) mass is 394 g/mol. The molecular weight excluding hydrogens is 376 g/mol. The lowest BCUT2D eigenvalue weighted by atomic mass is 9.79. The maximum absolute atomic E-state index is 12.4. The van der Waals surface area contributed by atoms with E-state index in [0.717, 1.165) is 10.9 Å². The number of amides is 1. The molecule has 0 aliphatic carbocycles. The molecule has 0 saturated heterocycles. The molecule has 122 valence electrons. The van der Waals surface area contributed by atoms with Gasteiger partial charge in [0.2, 0.25) is 0 Å². The van der Waals surface area contributed by atoms with Gasteiger partial charge >= 0.3 is 0 Å². The first-order chi connectivity index (χ1) is 10.8. The van der Waals surface area contributed by atoms with Crippen LogP contribution in [0.3, 0.4) is 0 Å². The first kappa shape index (κ1) is 18.0. The third-order valence-corrected chi connectivity index (χ3v) is 4.53. The number of aromatic nitrogens is 1. The van der Waals surface area contributed by atoms with Gasteiger partial charge in [0.1, 0.15) is 5.15 Å². The van der Waals surface area contributed by atoms with Crippen molar-refractivity contribution in [3.63, 3.8) is 0 Å². The minimum absolute atomic E-state index is 0.00718. The van der Waals surface area contributed by atoms with E-state index in [-0.39, 0.29) is 22.5 Å². The first-order valence-electron chi connectivity index (χ1n) is 7.47. The average Bonchev–Trinajstić information content (AvgIpc) is 2.50. The predicted molar refractivity (Wildman–Crippen MR) is 98.0 cm³/mol. The third kappa shape index (κ3) is 4.79. The molecule has 1 aromatic heterocycles. The molecule has 1 N–H and O–H groups in total. The zero-order chi connectivity index (χ0) is 17.0. The first-order valence-corrected chi connectivity index (χ1v) is 8.64. The molecule has 0 bridgehead atoms. The molecule has 0 aliphatic heterocycles. The molecule has 23 heavy (non-hydrogen) atoms. The van der Waals surface area contributed by atoms with Gasteiger partial charge in [0.25, 0.3) is 5.91 Å². The number of pyridine rings is 1. The van der Waals surface area contributed by atoms with Gasteiger partial charge in [-0.2, -0.15) is 0 Å². The standard InChI is InChI=1S/C18H20BrClN2O/c1-12(10-18(2,3)13-7-5-4-6-8-13)22-17(23)15-9-14(19)11-21-16(15)20/h4-9,11-12H,10H2,1-3H3,(H,22,23)/t12-/m0/s1. The van der Waals surface area contributed by atoms with E-state index in [1.54, 1.807) is 12.3 Å². The summed E-state index contributed by atoms with van der Waals surface area (Å²) in [5.41, 5.74) is 1.60. The molecule has 3 nitrogen and oxygen atoms in total. The normalized spacial score (nSPS) is 12.7. The quantitative estimate of drug-likeness (QED) is 0.725. The summed E-state index contributed by atoms with van der Waals surface area (Å²) >= 11 is 9.32. The maximum Gasteiger partial charge on any atom is 0.254 e. The summed E-state index contributed by atoms with van der Waals surface area (Å²) in [7, 11) is 0. The molecule has 0 saturated carbocycles. The number of carbonyl (C=O) groups excluding carboxylic acids is 1. The highest BCUT2D eigenvalue weighted by Gasteiger charge is 2.24. The number of halogens is 2. The van der Waals surface area contributed by atoms with Crippen LogP contribution in [0.15, 0.2) is 47.1 Å². The smallest absolute Gasteiger partial charge is 0.254 e. The molecule has 1 amide bonds. The molecule has 5 heteroatoms. The summed E-state index contributed by atoms with van der Waals surface area (Å²) in [5.74, 6) is -0.208. The van der Waals surface area contributed by atoms with Crippen LogP contribution in [0, 0.1) is 0 Å². The van der Waals surface area contributed by atoms with Gasteiger partial charge in [-0.1, -0.05) is 55.8 Å². The summed E-state index contributed by atoms with van der Waals surface area (Å²) in [6.45, 7) is 6.36. The summed E-state index contributed by atoms with van der Waals surface area (Å²) in [5, 5.41) is 3.21. The number of benzene rings is 1. The molecule has 1 heterocycles. The molecule has 0 fully saturated rings. The van der Waals surface area contributed by atoms with Crippen molar-refractivity contribution in [1.29, 1.82) is 0 Å². The minimum Gasteiger partial charge on any atom is -0.349 e. The fraction of sp³-hybridized carbons (Fsp3) is 0.333. The van der Waals surface area contributed by atoms with Gasteiger partial charge in [0.05, 0.1) is 5.56 Å². The Labute approximate surface area is 150 Å². The molecule has 0 radical (unpaired) electrons. The van der Waals surface area contributed by atoms with Crippen LogP contribution >= 0.6 is 27.5 Å². The van der Waals surface area contributed by atoms with Crippen LogP contribution < -0.4 is 5.32 Å². The van der Waals surface area contributed by atoms with Gasteiger partial charge in [-0.3, -0.25) is 4.79 Å². The molecule has 0 aliphatic rings. The van der Waals surface area contributed by atoms with Crippen molar-refractivity contribution >= 4 is 33.4 Å². The van der Waals surface area contributed by atoms with Crippen molar-refractivity contribution in [2.75, 3.05) is 0 Å². The molecular formula is C18H20BrClN2O. The highest BCUT2D eigenvalue weighted by atomic mass is 79.9. The lowest BCUT2D eigenvalue weighted by Gasteiger charge is -2.29. The highest BCUT2D eigenvalue weighted by molar-refractivity contribution is 9.10. The van der Waals surface area contributed by atoms with Crippen LogP contribution in [-0.2, 0) is 5.41 Å². The summed E-state index contributed by atoms with van der Waals surface area (Å²) in [4.78, 5) is 16.4. The van der Waals surface area contributed by atoms with Crippen LogP contribution in [0.25, 0.3) is 0 Å². The molecule has 2 aromatic rings. The van der Waals surface area contributed by atoms with Gasteiger partial charge in [0.15, 0.2) is 0 Å². The van der Waals surface area contributed by atoms with Crippen molar-refractivity contribution < 1.29 is 4.79 Å². The van der Waals surface area contributed by atoms with Gasteiger partial charge < -0.3 is 5.32 Å². The zero-order valence-electron chi connectivity index (χ0n) is 13.4. The van der Waals surface area contributed by atoms with E-state index >= 15 is 0 Å². The SMILES string of the molecule is C[C@@H](CC(C)(C)c1ccccc1)NC(=O)c1cc(Br)cnc1Cl. The second-order valence-electron chi connectivity index (χ2n) is 6.32. The van der Waals surface area contributed by atoms with Gasteiger partial charge in [-0.25, -0.2) is 4.98 Å². The Bertz CT molecular complexity index is 689. The van der Waals surface area contributed by atoms with Crippen molar-refractivity contribution in [3.05, 3.63) is 63.3 Å². The Morgan fingerprint density at radius 1 is 1.35 bits per heavy atom. The lowest BCUT2D eigenvalue weighted by molar-refractivity contribution is 0.0934. The van der Waals surface area contributed by atoms with Crippen LogP contribution in [0.4, 0.5) is 0 Å². The second kappa shape index (κ2) is 7.45. The third-order valence-electron chi connectivity index (χ3n) is 3.80. The van der Waals surface area contributed by atoms with Gasteiger partial charge in [0, 0.05) is 16.7 Å². The van der Waals surface area contributed by atoms with Crippen LogP contribution in [-0.4, -0.2) is 16.9 Å². The molecule has 2 rings (SSSR count). The number of nitrogens with zero attached hydrogens (tertiary/aromatic N) is 1. The van der Waals surface area contributed by atoms with Crippen LogP contribution in [0.2, 0.25) is 5.15 Å². The molecule has 1 atom stereocenters. The highest BCUT2D eigenvalue weighted by Crippen LogP contribution is 2.28. The van der Waals surface area contributed by atoms with Crippen molar-refractivity contribution in [2.24, 2.45) is 0 Å². The van der Waals surface area contributed by atoms with Crippen LogP contribution in [0.1, 0.15) is 43.1 Å². The zero-order valence-corrected chi connectivity index (χ0v) is 15.8. The average molecular weight is 396 g/mol. The summed E-state index contributed by atoms with van der Waals surface area (Å²) in [6.07, 6.45) is 2.39. The number of nitrogens with one attached hydrogen (secondary N) is 1. The Balaban J connectivity index is 2.06. The van der Waals surface area contributed by atoms with Crippen molar-refractivity contribution in [1.82, 2.24) is 10.3 Å². The topological polar surface area (TPSA) is 42.0 Å². The largest absolute Gasteiger partial charge is 0.349 e. The van der Waals surface area contributed by atoms with Crippen LogP contribution in [0.5, 0.6) is 0 Å². The number of hydrogen-bond donors (Lipinski definition) is 1. The fourth-order valence-corrected chi connectivity index (χ4v) is 3.23. The number of hydrogen-bond acceptors (Lipinski definition) is 2. The Morgan fingerprint density at radius 2 is 2.00 bits per heavy atom. The predicted octanol–water partition coefficient (Wildman–Crippen LogP) is 4.98.